The summed E-state index contributed by atoms with van der Waals surface area (Å²) in [5.74, 6) is 1.02. The highest BCUT2D eigenvalue weighted by Crippen LogP contribution is 2.17. The second-order valence-electron chi connectivity index (χ2n) is 4.04. The minimum Gasteiger partial charge on any atom is -0.489 e. The summed E-state index contributed by atoms with van der Waals surface area (Å²) in [5.41, 5.74) is 6.37. The largest absolute Gasteiger partial charge is 0.489 e. The number of hydrogen-bond donors (Lipinski definition) is 1. The number of aldehydes is 1. The summed E-state index contributed by atoms with van der Waals surface area (Å²) in [6, 6.07) is 13.7. The Morgan fingerprint density at radius 3 is 2.50 bits per heavy atom. The summed E-state index contributed by atoms with van der Waals surface area (Å²) in [7, 11) is 0. The van der Waals surface area contributed by atoms with E-state index in [4.69, 9.17) is 15.2 Å². The molecule has 0 heterocycles. The van der Waals surface area contributed by atoms with E-state index in [-0.39, 0.29) is 0 Å². The van der Waals surface area contributed by atoms with E-state index < -0.39 is 6.09 Å². The van der Waals surface area contributed by atoms with Gasteiger partial charge in [0.15, 0.2) is 0 Å². The quantitative estimate of drug-likeness (QED) is 0.847. The lowest BCUT2D eigenvalue weighted by atomic mass is 10.2. The average Bonchev–Trinajstić information content (AvgIpc) is 2.45. The normalized spacial score (nSPS) is 9.80. The van der Waals surface area contributed by atoms with Gasteiger partial charge < -0.3 is 15.2 Å². The molecule has 5 nitrogen and oxygen atoms in total. The molecule has 0 aliphatic rings. The fraction of sp³-hybridized carbons (Fsp3) is 0.0667. The van der Waals surface area contributed by atoms with Crippen LogP contribution in [-0.4, -0.2) is 12.4 Å². The van der Waals surface area contributed by atoms with Gasteiger partial charge in [-0.1, -0.05) is 12.1 Å². The van der Waals surface area contributed by atoms with Gasteiger partial charge in [-0.15, -0.1) is 0 Å². The molecule has 2 rings (SSSR count). The Balaban J connectivity index is 1.99. The predicted molar refractivity (Wildman–Crippen MR) is 72.8 cm³/mol. The van der Waals surface area contributed by atoms with Gasteiger partial charge in [0.2, 0.25) is 0 Å². The number of amides is 1. The third-order valence-corrected chi connectivity index (χ3v) is 2.54. The van der Waals surface area contributed by atoms with Crippen LogP contribution < -0.4 is 15.2 Å². The second kappa shape index (κ2) is 6.38. The lowest BCUT2D eigenvalue weighted by molar-refractivity contribution is 0.112. The molecule has 0 unspecified atom stereocenters. The highest BCUT2D eigenvalue weighted by molar-refractivity contribution is 5.74. The topological polar surface area (TPSA) is 78.6 Å². The molecule has 0 aliphatic carbocycles. The van der Waals surface area contributed by atoms with Crippen LogP contribution in [0.3, 0.4) is 0 Å². The molecule has 0 aromatic heterocycles. The first kappa shape index (κ1) is 13.6. The smallest absolute Gasteiger partial charge is 0.409 e. The van der Waals surface area contributed by atoms with E-state index in [0.717, 1.165) is 11.8 Å². The standard InChI is InChI=1S/C15H13NO4/c16-15(18)20-14-3-1-2-12(8-14)10-19-13-6-4-11(9-17)5-7-13/h1-9H,10H2,(H2,16,18). The highest BCUT2D eigenvalue weighted by atomic mass is 16.5. The summed E-state index contributed by atoms with van der Waals surface area (Å²) in [5, 5.41) is 0. The van der Waals surface area contributed by atoms with Gasteiger partial charge >= 0.3 is 6.09 Å². The number of hydrogen-bond acceptors (Lipinski definition) is 4. The van der Waals surface area contributed by atoms with Gasteiger partial charge in [0.05, 0.1) is 0 Å². The first-order valence-electron chi connectivity index (χ1n) is 5.91. The van der Waals surface area contributed by atoms with E-state index in [2.05, 4.69) is 0 Å². The minimum absolute atomic E-state index is 0.316. The van der Waals surface area contributed by atoms with Gasteiger partial charge in [0.25, 0.3) is 0 Å². The number of primary amides is 1. The van der Waals surface area contributed by atoms with E-state index in [9.17, 15) is 9.59 Å². The molecule has 0 aliphatic heterocycles. The molecule has 1 amide bonds. The number of benzene rings is 2. The van der Waals surface area contributed by atoms with Crippen molar-refractivity contribution in [3.8, 4) is 11.5 Å². The van der Waals surface area contributed by atoms with E-state index >= 15 is 0 Å². The summed E-state index contributed by atoms with van der Waals surface area (Å²) in [6.07, 6.45) is -0.0819. The molecule has 0 spiro atoms. The van der Waals surface area contributed by atoms with Crippen molar-refractivity contribution in [3.05, 3.63) is 59.7 Å². The Morgan fingerprint density at radius 1 is 1.10 bits per heavy atom. The van der Waals surface area contributed by atoms with E-state index in [1.54, 1.807) is 42.5 Å². The van der Waals surface area contributed by atoms with Crippen molar-refractivity contribution in [2.45, 2.75) is 6.61 Å². The van der Waals surface area contributed by atoms with E-state index in [1.807, 2.05) is 6.07 Å². The van der Waals surface area contributed by atoms with Crippen LogP contribution in [0.4, 0.5) is 4.79 Å². The van der Waals surface area contributed by atoms with E-state index in [0.29, 0.717) is 23.7 Å². The number of nitrogens with two attached hydrogens (primary N) is 1. The Bertz CT molecular complexity index is 608. The zero-order valence-electron chi connectivity index (χ0n) is 10.6. The van der Waals surface area contributed by atoms with Crippen LogP contribution in [0, 0.1) is 0 Å². The van der Waals surface area contributed by atoms with Crippen molar-refractivity contribution in [1.29, 1.82) is 0 Å². The Labute approximate surface area is 115 Å². The molecule has 2 aromatic carbocycles. The van der Waals surface area contributed by atoms with Crippen molar-refractivity contribution in [3.63, 3.8) is 0 Å². The van der Waals surface area contributed by atoms with Crippen LogP contribution >= 0.6 is 0 Å². The number of carbonyl (C=O) groups is 2. The molecule has 102 valence electrons. The van der Waals surface area contributed by atoms with Crippen LogP contribution in [0.25, 0.3) is 0 Å². The molecule has 0 radical (unpaired) electrons. The first-order valence-corrected chi connectivity index (χ1v) is 5.91. The van der Waals surface area contributed by atoms with Gasteiger partial charge in [-0.05, 0) is 42.0 Å². The predicted octanol–water partition coefficient (Wildman–Crippen LogP) is 2.54. The molecule has 0 atom stereocenters. The molecular formula is C15H13NO4. The molecule has 2 aromatic rings. The summed E-state index contributed by atoms with van der Waals surface area (Å²) < 4.78 is 10.3. The van der Waals surface area contributed by atoms with Gasteiger partial charge in [-0.2, -0.15) is 0 Å². The number of carbonyl (C=O) groups excluding carboxylic acids is 2. The Morgan fingerprint density at radius 2 is 1.85 bits per heavy atom. The molecular weight excluding hydrogens is 258 g/mol. The molecule has 0 bridgehead atoms. The van der Waals surface area contributed by atoms with Gasteiger partial charge in [-0.3, -0.25) is 4.79 Å². The van der Waals surface area contributed by atoms with Crippen molar-refractivity contribution in [2.24, 2.45) is 5.73 Å². The maximum Gasteiger partial charge on any atom is 0.409 e. The fourth-order valence-electron chi connectivity index (χ4n) is 1.62. The molecule has 0 saturated heterocycles. The maximum absolute atomic E-state index is 10.7. The van der Waals surface area contributed by atoms with Crippen LogP contribution in [0.2, 0.25) is 0 Å². The first-order chi connectivity index (χ1) is 9.67. The van der Waals surface area contributed by atoms with Gasteiger partial charge in [0, 0.05) is 5.56 Å². The van der Waals surface area contributed by atoms with Crippen molar-refractivity contribution in [1.82, 2.24) is 0 Å². The van der Waals surface area contributed by atoms with Crippen molar-refractivity contribution < 1.29 is 19.1 Å². The fourth-order valence-corrected chi connectivity index (χ4v) is 1.62. The van der Waals surface area contributed by atoms with E-state index in [1.165, 1.54) is 0 Å². The molecule has 20 heavy (non-hydrogen) atoms. The monoisotopic (exact) mass is 271 g/mol. The van der Waals surface area contributed by atoms with Crippen LogP contribution in [-0.2, 0) is 6.61 Å². The molecule has 0 fully saturated rings. The lowest BCUT2D eigenvalue weighted by Gasteiger charge is -2.07. The summed E-state index contributed by atoms with van der Waals surface area (Å²) in [4.78, 5) is 21.2. The Kier molecular flexibility index (Phi) is 4.34. The molecule has 2 N–H and O–H groups in total. The third-order valence-electron chi connectivity index (χ3n) is 2.54. The zero-order chi connectivity index (χ0) is 14.4. The van der Waals surface area contributed by atoms with Crippen LogP contribution in [0.5, 0.6) is 11.5 Å². The molecule has 0 saturated carbocycles. The van der Waals surface area contributed by atoms with Crippen molar-refractivity contribution in [2.75, 3.05) is 0 Å². The summed E-state index contributed by atoms with van der Waals surface area (Å²) in [6.45, 7) is 0.316. The van der Waals surface area contributed by atoms with Gasteiger partial charge in [-0.25, -0.2) is 4.79 Å². The third kappa shape index (κ3) is 3.84. The maximum atomic E-state index is 10.7. The molecule has 5 heteroatoms. The van der Waals surface area contributed by atoms with Crippen LogP contribution in [0.15, 0.2) is 48.5 Å². The summed E-state index contributed by atoms with van der Waals surface area (Å²) >= 11 is 0. The van der Waals surface area contributed by atoms with Crippen molar-refractivity contribution >= 4 is 12.4 Å². The number of ether oxygens (including phenoxy) is 2. The zero-order valence-corrected chi connectivity index (χ0v) is 10.6. The average molecular weight is 271 g/mol. The highest BCUT2D eigenvalue weighted by Gasteiger charge is 2.01. The van der Waals surface area contributed by atoms with Gasteiger partial charge in [0.1, 0.15) is 24.4 Å². The Hall–Kier alpha value is -2.82. The minimum atomic E-state index is -0.854. The SMILES string of the molecule is NC(=O)Oc1cccc(COc2ccc(C=O)cc2)c1. The number of rotatable bonds is 5. The lowest BCUT2D eigenvalue weighted by Crippen LogP contribution is -2.16. The van der Waals surface area contributed by atoms with Crippen LogP contribution in [0.1, 0.15) is 15.9 Å². The second-order valence-corrected chi connectivity index (χ2v) is 4.04.